The number of aryl methyl sites for hydroxylation is 1. The third kappa shape index (κ3) is 3.12. The molecule has 27 heavy (non-hydrogen) atoms. The molecule has 1 aliphatic carbocycles. The number of carbonyl (C=O) groups excluding carboxylic acids is 3. The fraction of sp³-hybridized carbons (Fsp3) is 0.350. The second kappa shape index (κ2) is 6.81. The van der Waals surface area contributed by atoms with Gasteiger partial charge in [-0.1, -0.05) is 24.3 Å². The highest BCUT2D eigenvalue weighted by molar-refractivity contribution is 7.08. The molecular formula is C20H21N3O3S. The van der Waals surface area contributed by atoms with Crippen molar-refractivity contribution in [3.05, 3.63) is 57.8 Å². The molecule has 0 bridgehead atoms. The summed E-state index contributed by atoms with van der Waals surface area (Å²) in [4.78, 5) is 38.8. The van der Waals surface area contributed by atoms with Gasteiger partial charge in [0.2, 0.25) is 5.91 Å². The molecule has 0 radical (unpaired) electrons. The summed E-state index contributed by atoms with van der Waals surface area (Å²) in [7, 11) is 0. The lowest BCUT2D eigenvalue weighted by Crippen LogP contribution is -2.44. The standard InChI is InChI=1S/C20H21N3O3S/c1-20(14-9-10-27-12-14)18(25)23(19(26)22-20)11-17(24)21-16-8-4-6-13-5-2-3-7-15(13)16/h2-3,5,7,9-10,12,16H,4,6,8,11H2,1H3,(H,21,24)(H,22,26). The van der Waals surface area contributed by atoms with E-state index in [1.165, 1.54) is 16.9 Å². The minimum atomic E-state index is -1.12. The van der Waals surface area contributed by atoms with Crippen molar-refractivity contribution in [2.75, 3.05) is 6.54 Å². The molecule has 1 fully saturated rings. The monoisotopic (exact) mass is 383 g/mol. The zero-order valence-electron chi connectivity index (χ0n) is 15.0. The van der Waals surface area contributed by atoms with E-state index in [2.05, 4.69) is 16.7 Å². The van der Waals surface area contributed by atoms with Gasteiger partial charge in [0, 0.05) is 0 Å². The third-order valence-electron chi connectivity index (χ3n) is 5.38. The lowest BCUT2D eigenvalue weighted by Gasteiger charge is -2.27. The number of hydrogen-bond donors (Lipinski definition) is 2. The lowest BCUT2D eigenvalue weighted by atomic mass is 9.88. The summed E-state index contributed by atoms with van der Waals surface area (Å²) < 4.78 is 0. The van der Waals surface area contributed by atoms with Gasteiger partial charge in [-0.05, 0) is 59.7 Å². The highest BCUT2D eigenvalue weighted by Gasteiger charge is 2.49. The first-order chi connectivity index (χ1) is 13.0. The summed E-state index contributed by atoms with van der Waals surface area (Å²) >= 11 is 1.46. The van der Waals surface area contributed by atoms with Gasteiger partial charge >= 0.3 is 6.03 Å². The Morgan fingerprint density at radius 2 is 2.15 bits per heavy atom. The highest BCUT2D eigenvalue weighted by Crippen LogP contribution is 2.31. The Balaban J connectivity index is 1.46. The number of fused-ring (bicyclic) bond motifs is 1. The zero-order chi connectivity index (χ0) is 19.0. The molecular weight excluding hydrogens is 362 g/mol. The second-order valence-electron chi connectivity index (χ2n) is 7.17. The van der Waals surface area contributed by atoms with E-state index in [0.29, 0.717) is 0 Å². The maximum Gasteiger partial charge on any atom is 0.325 e. The number of carbonyl (C=O) groups is 3. The van der Waals surface area contributed by atoms with E-state index >= 15 is 0 Å². The minimum Gasteiger partial charge on any atom is -0.348 e. The van der Waals surface area contributed by atoms with Crippen molar-refractivity contribution in [1.29, 1.82) is 0 Å². The van der Waals surface area contributed by atoms with Gasteiger partial charge in [0.1, 0.15) is 12.1 Å². The maximum absolute atomic E-state index is 12.8. The average Bonchev–Trinajstić information content (AvgIpc) is 3.27. The van der Waals surface area contributed by atoms with Gasteiger partial charge in [-0.2, -0.15) is 11.3 Å². The molecule has 2 aliphatic rings. The molecule has 1 aliphatic heterocycles. The highest BCUT2D eigenvalue weighted by atomic mass is 32.1. The minimum absolute atomic E-state index is 0.0773. The predicted octanol–water partition coefficient (Wildman–Crippen LogP) is 2.71. The van der Waals surface area contributed by atoms with Gasteiger partial charge in [0.05, 0.1) is 6.04 Å². The van der Waals surface area contributed by atoms with Crippen molar-refractivity contribution in [3.63, 3.8) is 0 Å². The topological polar surface area (TPSA) is 78.5 Å². The van der Waals surface area contributed by atoms with E-state index in [1.54, 1.807) is 6.92 Å². The molecule has 0 spiro atoms. The molecule has 1 aromatic heterocycles. The number of thiophene rings is 1. The van der Waals surface area contributed by atoms with Crippen molar-refractivity contribution in [3.8, 4) is 0 Å². The van der Waals surface area contributed by atoms with Gasteiger partial charge in [0.25, 0.3) is 5.91 Å². The quantitative estimate of drug-likeness (QED) is 0.797. The SMILES string of the molecule is CC1(c2ccsc2)NC(=O)N(CC(=O)NC2CCCc3ccccc32)C1=O. The van der Waals surface area contributed by atoms with Crippen LogP contribution in [-0.2, 0) is 21.5 Å². The first-order valence-electron chi connectivity index (χ1n) is 9.03. The van der Waals surface area contributed by atoms with Crippen LogP contribution in [0.1, 0.15) is 42.5 Å². The molecule has 140 valence electrons. The molecule has 2 unspecified atom stereocenters. The summed E-state index contributed by atoms with van der Waals surface area (Å²) in [6, 6.07) is 9.28. The number of nitrogens with zero attached hydrogens (tertiary/aromatic N) is 1. The third-order valence-corrected chi connectivity index (χ3v) is 6.06. The smallest absolute Gasteiger partial charge is 0.325 e. The number of benzene rings is 1. The number of nitrogens with one attached hydrogen (secondary N) is 2. The molecule has 2 atom stereocenters. The van der Waals surface area contributed by atoms with Crippen LogP contribution in [0, 0.1) is 0 Å². The van der Waals surface area contributed by atoms with E-state index in [1.807, 2.05) is 35.0 Å². The van der Waals surface area contributed by atoms with E-state index in [9.17, 15) is 14.4 Å². The molecule has 7 heteroatoms. The number of urea groups is 1. The normalized spacial score (nSPS) is 24.5. The van der Waals surface area contributed by atoms with Gasteiger partial charge in [-0.25, -0.2) is 4.79 Å². The maximum atomic E-state index is 12.8. The predicted molar refractivity (Wildman–Crippen MR) is 102 cm³/mol. The van der Waals surface area contributed by atoms with Crippen LogP contribution < -0.4 is 10.6 Å². The molecule has 4 rings (SSSR count). The average molecular weight is 383 g/mol. The summed E-state index contributed by atoms with van der Waals surface area (Å²) in [5.74, 6) is -0.722. The number of hydrogen-bond acceptors (Lipinski definition) is 4. The largest absolute Gasteiger partial charge is 0.348 e. The Hall–Kier alpha value is -2.67. The number of rotatable bonds is 4. The first kappa shape index (κ1) is 17.7. The fourth-order valence-corrected chi connectivity index (χ4v) is 4.64. The summed E-state index contributed by atoms with van der Waals surface area (Å²) in [5.41, 5.74) is 1.98. The zero-order valence-corrected chi connectivity index (χ0v) is 15.8. The van der Waals surface area contributed by atoms with E-state index in [0.717, 1.165) is 35.3 Å². The van der Waals surface area contributed by atoms with Gasteiger partial charge < -0.3 is 10.6 Å². The Bertz CT molecular complexity index is 896. The molecule has 6 nitrogen and oxygen atoms in total. The Labute approximate surface area is 161 Å². The Morgan fingerprint density at radius 1 is 1.33 bits per heavy atom. The van der Waals surface area contributed by atoms with Crippen LogP contribution in [0.4, 0.5) is 4.79 Å². The molecule has 1 saturated heterocycles. The van der Waals surface area contributed by atoms with Gasteiger partial charge in [-0.3, -0.25) is 14.5 Å². The van der Waals surface area contributed by atoms with Crippen molar-refractivity contribution < 1.29 is 14.4 Å². The summed E-state index contributed by atoms with van der Waals surface area (Å²) in [6.45, 7) is 1.40. The van der Waals surface area contributed by atoms with Crippen molar-refractivity contribution >= 4 is 29.2 Å². The van der Waals surface area contributed by atoms with E-state index in [4.69, 9.17) is 0 Å². The lowest BCUT2D eigenvalue weighted by molar-refractivity contribution is -0.135. The fourth-order valence-electron chi connectivity index (χ4n) is 3.87. The van der Waals surface area contributed by atoms with Crippen LogP contribution in [0.3, 0.4) is 0 Å². The number of amides is 4. The van der Waals surface area contributed by atoms with Crippen LogP contribution in [0.2, 0.25) is 0 Å². The van der Waals surface area contributed by atoms with Gasteiger partial charge in [0.15, 0.2) is 0 Å². The van der Waals surface area contributed by atoms with Crippen LogP contribution in [0.25, 0.3) is 0 Å². The van der Waals surface area contributed by atoms with Crippen LogP contribution >= 0.6 is 11.3 Å². The van der Waals surface area contributed by atoms with E-state index < -0.39 is 17.5 Å². The van der Waals surface area contributed by atoms with Crippen LogP contribution in [0.15, 0.2) is 41.1 Å². The number of imide groups is 1. The van der Waals surface area contributed by atoms with Crippen molar-refractivity contribution in [1.82, 2.24) is 15.5 Å². The second-order valence-corrected chi connectivity index (χ2v) is 7.95. The van der Waals surface area contributed by atoms with Crippen LogP contribution in [-0.4, -0.2) is 29.3 Å². The molecule has 1 aromatic carbocycles. The van der Waals surface area contributed by atoms with E-state index in [-0.39, 0.29) is 18.5 Å². The van der Waals surface area contributed by atoms with Crippen molar-refractivity contribution in [2.24, 2.45) is 0 Å². The molecule has 0 saturated carbocycles. The first-order valence-corrected chi connectivity index (χ1v) is 9.97. The Morgan fingerprint density at radius 3 is 2.93 bits per heavy atom. The van der Waals surface area contributed by atoms with Gasteiger partial charge in [-0.15, -0.1) is 0 Å². The summed E-state index contributed by atoms with van der Waals surface area (Å²) in [6.07, 6.45) is 2.87. The van der Waals surface area contributed by atoms with Crippen LogP contribution in [0.5, 0.6) is 0 Å². The molecule has 2 aromatic rings. The van der Waals surface area contributed by atoms with Crippen molar-refractivity contribution in [2.45, 2.75) is 37.8 Å². The Kier molecular flexibility index (Phi) is 4.47. The summed E-state index contributed by atoms with van der Waals surface area (Å²) in [5, 5.41) is 9.41. The molecule has 2 N–H and O–H groups in total. The molecule has 2 heterocycles. The molecule has 4 amide bonds.